The van der Waals surface area contributed by atoms with Gasteiger partial charge in [-0.3, -0.25) is 4.48 Å². The number of aromatic nitrogens is 1. The second-order valence-corrected chi connectivity index (χ2v) is 7.29. The second kappa shape index (κ2) is 9.41. The summed E-state index contributed by atoms with van der Waals surface area (Å²) in [6.07, 6.45) is 6.59. The fourth-order valence-corrected chi connectivity index (χ4v) is 3.32. The van der Waals surface area contributed by atoms with Gasteiger partial charge >= 0.3 is 6.85 Å². The average molecular weight is 358 g/mol. The van der Waals surface area contributed by atoms with Crippen molar-refractivity contribution in [3.63, 3.8) is 0 Å². The van der Waals surface area contributed by atoms with Gasteiger partial charge in [0.2, 0.25) is 0 Å². The van der Waals surface area contributed by atoms with Crippen LogP contribution in [0.4, 0.5) is 0 Å². The maximum atomic E-state index is 6.15. The lowest BCUT2D eigenvalue weighted by Crippen LogP contribution is -2.65. The highest BCUT2D eigenvalue weighted by Gasteiger charge is 2.36. The van der Waals surface area contributed by atoms with E-state index in [-0.39, 0.29) is 6.85 Å². The molecule has 1 aromatic heterocycles. The summed E-state index contributed by atoms with van der Waals surface area (Å²) in [6.45, 7) is 7.49. The Bertz CT molecular complexity index is 831. The molecule has 0 saturated carbocycles. The van der Waals surface area contributed by atoms with Crippen molar-refractivity contribution in [1.82, 2.24) is 0 Å². The van der Waals surface area contributed by atoms with E-state index in [2.05, 4.69) is 104 Å². The maximum Gasteiger partial charge on any atom is 0.562 e. The number of nitrogens with zero attached hydrogens (tertiary/aromatic N) is 1. The summed E-state index contributed by atoms with van der Waals surface area (Å²) in [7, 11) is 0. The van der Waals surface area contributed by atoms with Crippen molar-refractivity contribution in [1.29, 1.82) is 0 Å². The molecule has 0 bridgehead atoms. The Morgan fingerprint density at radius 2 is 1.56 bits per heavy atom. The first-order chi connectivity index (χ1) is 13.2. The zero-order valence-electron chi connectivity index (χ0n) is 16.6. The van der Waals surface area contributed by atoms with E-state index >= 15 is 0 Å². The average Bonchev–Trinajstić information content (AvgIpc) is 2.71. The minimum atomic E-state index is 0.0882. The Morgan fingerprint density at radius 1 is 0.889 bits per heavy atom. The zero-order chi connectivity index (χ0) is 19.1. The van der Waals surface area contributed by atoms with Gasteiger partial charge in [0.1, 0.15) is 18.1 Å². The standard InChI is InChI=1S/C24H29BNO/c1-4-5-19-27-24-14-10-9-13-23(24)25(22-11-7-6-8-12-22)26-17-15-21(16-18-26)20(2)3/h6-18,20H,4-5,19H2,1-3H3/q+1. The molecule has 138 valence electrons. The van der Waals surface area contributed by atoms with Crippen molar-refractivity contribution in [2.75, 3.05) is 6.61 Å². The summed E-state index contributed by atoms with van der Waals surface area (Å²) in [5, 5.41) is 0. The molecule has 0 saturated heterocycles. The molecule has 3 heteroatoms. The molecule has 0 aliphatic heterocycles. The van der Waals surface area contributed by atoms with Gasteiger partial charge in [0.25, 0.3) is 0 Å². The first-order valence-electron chi connectivity index (χ1n) is 9.98. The number of hydrogen-bond donors (Lipinski definition) is 0. The molecule has 3 rings (SSSR count). The first kappa shape index (κ1) is 19.2. The molecule has 0 amide bonds. The molecule has 0 aliphatic carbocycles. The van der Waals surface area contributed by atoms with Gasteiger partial charge in [0.05, 0.1) is 6.61 Å². The molecule has 0 unspecified atom stereocenters. The number of para-hydroxylation sites is 1. The normalized spacial score (nSPS) is 10.8. The Labute approximate surface area is 163 Å². The molecule has 0 aliphatic rings. The van der Waals surface area contributed by atoms with Crippen LogP contribution in [0.3, 0.4) is 0 Å². The molecule has 0 N–H and O–H groups in total. The zero-order valence-corrected chi connectivity index (χ0v) is 16.6. The lowest BCUT2D eigenvalue weighted by molar-refractivity contribution is -0.533. The number of hydrogen-bond acceptors (Lipinski definition) is 1. The Balaban J connectivity index is 2.04. The Morgan fingerprint density at radius 3 is 2.22 bits per heavy atom. The minimum Gasteiger partial charge on any atom is -0.494 e. The van der Waals surface area contributed by atoms with Crippen LogP contribution in [-0.4, -0.2) is 13.5 Å². The van der Waals surface area contributed by atoms with Gasteiger partial charge < -0.3 is 4.74 Å². The number of ether oxygens (including phenoxy) is 1. The Hall–Kier alpha value is -2.55. The number of benzene rings is 2. The molecule has 1 heterocycles. The fraction of sp³-hybridized carbons (Fsp3) is 0.292. The third-order valence-corrected chi connectivity index (χ3v) is 4.93. The summed E-state index contributed by atoms with van der Waals surface area (Å²) in [5.74, 6) is 1.50. The summed E-state index contributed by atoms with van der Waals surface area (Å²) < 4.78 is 8.43. The van der Waals surface area contributed by atoms with E-state index in [0.29, 0.717) is 5.92 Å². The van der Waals surface area contributed by atoms with E-state index < -0.39 is 0 Å². The van der Waals surface area contributed by atoms with Gasteiger partial charge in [-0.25, -0.2) is 0 Å². The van der Waals surface area contributed by atoms with Crippen LogP contribution in [0.2, 0.25) is 0 Å². The van der Waals surface area contributed by atoms with Crippen molar-refractivity contribution < 1.29 is 9.21 Å². The summed E-state index contributed by atoms with van der Waals surface area (Å²) in [4.78, 5) is 0. The van der Waals surface area contributed by atoms with Crippen molar-refractivity contribution >= 4 is 17.8 Å². The van der Waals surface area contributed by atoms with E-state index in [1.165, 1.54) is 16.5 Å². The molecule has 2 aromatic carbocycles. The first-order valence-corrected chi connectivity index (χ1v) is 9.98. The third kappa shape index (κ3) is 4.79. The molecular weight excluding hydrogens is 329 g/mol. The summed E-state index contributed by atoms with van der Waals surface area (Å²) in [6, 6.07) is 23.5. The SMILES string of the molecule is CCCCOc1ccccc1B(c1ccccc1)[n+]1ccc(C(C)C)cc1. The van der Waals surface area contributed by atoms with Crippen molar-refractivity contribution in [3.8, 4) is 5.75 Å². The van der Waals surface area contributed by atoms with Gasteiger partial charge in [-0.15, -0.1) is 0 Å². The van der Waals surface area contributed by atoms with Gasteiger partial charge in [-0.05, 0) is 24.0 Å². The van der Waals surface area contributed by atoms with E-state index in [4.69, 9.17) is 4.74 Å². The highest BCUT2D eigenvalue weighted by molar-refractivity contribution is 6.78. The number of unbranched alkanes of at least 4 members (excludes halogenated alkanes) is 1. The minimum absolute atomic E-state index is 0.0882. The predicted octanol–water partition coefficient (Wildman–Crippen LogP) is 3.93. The largest absolute Gasteiger partial charge is 0.562 e. The van der Waals surface area contributed by atoms with Crippen LogP contribution in [-0.2, 0) is 0 Å². The molecule has 0 atom stereocenters. The Kier molecular flexibility index (Phi) is 6.70. The van der Waals surface area contributed by atoms with Crippen LogP contribution in [0.15, 0.2) is 79.1 Å². The van der Waals surface area contributed by atoms with Crippen molar-refractivity contribution in [2.45, 2.75) is 39.5 Å². The molecule has 27 heavy (non-hydrogen) atoms. The van der Waals surface area contributed by atoms with Gasteiger partial charge in [-0.2, -0.15) is 0 Å². The van der Waals surface area contributed by atoms with Crippen molar-refractivity contribution in [3.05, 3.63) is 84.7 Å². The van der Waals surface area contributed by atoms with Gasteiger partial charge in [-0.1, -0.05) is 75.7 Å². The number of pyridine rings is 1. The maximum absolute atomic E-state index is 6.15. The van der Waals surface area contributed by atoms with E-state index in [1.807, 2.05) is 0 Å². The highest BCUT2D eigenvalue weighted by atomic mass is 16.5. The molecular formula is C24H29BNO+. The monoisotopic (exact) mass is 358 g/mol. The van der Waals surface area contributed by atoms with Gasteiger partial charge in [0.15, 0.2) is 0 Å². The lowest BCUT2D eigenvalue weighted by atomic mass is 9.50. The van der Waals surface area contributed by atoms with E-state index in [1.54, 1.807) is 0 Å². The smallest absolute Gasteiger partial charge is 0.494 e. The highest BCUT2D eigenvalue weighted by Crippen LogP contribution is 2.12. The van der Waals surface area contributed by atoms with Crippen LogP contribution >= 0.6 is 0 Å². The number of rotatable bonds is 8. The molecule has 3 aromatic rings. The molecule has 0 radical (unpaired) electrons. The van der Waals surface area contributed by atoms with E-state index in [9.17, 15) is 0 Å². The van der Waals surface area contributed by atoms with Crippen LogP contribution in [0.1, 0.15) is 45.1 Å². The van der Waals surface area contributed by atoms with Gasteiger partial charge in [0, 0.05) is 23.1 Å². The van der Waals surface area contributed by atoms with Crippen LogP contribution in [0.5, 0.6) is 5.75 Å². The van der Waals surface area contributed by atoms with Crippen molar-refractivity contribution in [2.24, 2.45) is 0 Å². The third-order valence-electron chi connectivity index (χ3n) is 4.93. The second-order valence-electron chi connectivity index (χ2n) is 7.29. The summed E-state index contributed by atoms with van der Waals surface area (Å²) in [5.41, 5.74) is 3.80. The topological polar surface area (TPSA) is 13.1 Å². The fourth-order valence-electron chi connectivity index (χ4n) is 3.32. The molecule has 0 spiro atoms. The summed E-state index contributed by atoms with van der Waals surface area (Å²) >= 11 is 0. The van der Waals surface area contributed by atoms with E-state index in [0.717, 1.165) is 25.2 Å². The molecule has 2 nitrogen and oxygen atoms in total. The molecule has 0 fully saturated rings. The van der Waals surface area contributed by atoms with Crippen LogP contribution < -0.4 is 20.1 Å². The quantitative estimate of drug-likeness (QED) is 0.439. The van der Waals surface area contributed by atoms with Crippen LogP contribution in [0.25, 0.3) is 0 Å². The predicted molar refractivity (Wildman–Crippen MR) is 114 cm³/mol. The lowest BCUT2D eigenvalue weighted by Gasteiger charge is -2.14. The van der Waals surface area contributed by atoms with Crippen LogP contribution in [0, 0.1) is 0 Å².